The van der Waals surface area contributed by atoms with Gasteiger partial charge in [0.05, 0.1) is 0 Å². The Morgan fingerprint density at radius 3 is 2.85 bits per heavy atom. The summed E-state index contributed by atoms with van der Waals surface area (Å²) in [6, 6.07) is 1.19. The summed E-state index contributed by atoms with van der Waals surface area (Å²) in [5.41, 5.74) is 0. The number of aliphatic hydroxyl groups is 1. The highest BCUT2D eigenvalue weighted by molar-refractivity contribution is 4.84. The van der Waals surface area contributed by atoms with E-state index in [1.807, 2.05) is 0 Å². The van der Waals surface area contributed by atoms with Gasteiger partial charge in [-0.15, -0.1) is 0 Å². The zero-order valence-electron chi connectivity index (χ0n) is 8.92. The number of hydrogen-bond acceptors (Lipinski definition) is 2. The minimum absolute atomic E-state index is 0.358. The van der Waals surface area contributed by atoms with E-state index < -0.39 is 0 Å². The maximum atomic E-state index is 9.14. The zero-order chi connectivity index (χ0) is 9.68. The topological polar surface area (TPSA) is 32.3 Å². The fourth-order valence-electron chi connectivity index (χ4n) is 2.36. The van der Waals surface area contributed by atoms with Crippen LogP contribution in [0.5, 0.6) is 0 Å². The monoisotopic (exact) mass is 185 g/mol. The lowest BCUT2D eigenvalue weighted by molar-refractivity contribution is 0.199. The van der Waals surface area contributed by atoms with E-state index in [1.165, 1.54) is 32.1 Å². The molecule has 0 aromatic carbocycles. The molecule has 78 valence electrons. The number of rotatable bonds is 5. The smallest absolute Gasteiger partial charge is 0.0474 e. The first-order valence-corrected chi connectivity index (χ1v) is 5.64. The van der Waals surface area contributed by atoms with Crippen LogP contribution in [0.15, 0.2) is 0 Å². The Morgan fingerprint density at radius 1 is 1.46 bits per heavy atom. The second-order valence-corrected chi connectivity index (χ2v) is 4.34. The van der Waals surface area contributed by atoms with Gasteiger partial charge in [0.15, 0.2) is 0 Å². The molecule has 2 nitrogen and oxygen atoms in total. The van der Waals surface area contributed by atoms with Gasteiger partial charge in [0, 0.05) is 18.7 Å². The van der Waals surface area contributed by atoms with Crippen molar-refractivity contribution in [2.45, 2.75) is 58.0 Å². The lowest BCUT2D eigenvalue weighted by Gasteiger charge is -2.23. The number of hydrogen-bond donors (Lipinski definition) is 2. The summed E-state index contributed by atoms with van der Waals surface area (Å²) in [5.74, 6) is 0.513. The fourth-order valence-corrected chi connectivity index (χ4v) is 2.36. The highest BCUT2D eigenvalue weighted by Gasteiger charge is 2.26. The van der Waals surface area contributed by atoms with Crippen molar-refractivity contribution in [3.05, 3.63) is 0 Å². The normalized spacial score (nSPS) is 30.7. The Bertz CT molecular complexity index is 138. The van der Waals surface area contributed by atoms with Gasteiger partial charge in [-0.3, -0.25) is 0 Å². The zero-order valence-corrected chi connectivity index (χ0v) is 8.92. The largest absolute Gasteiger partial charge is 0.396 e. The Hall–Kier alpha value is -0.0800. The Kier molecular flexibility index (Phi) is 4.74. The molecule has 1 saturated carbocycles. The highest BCUT2D eigenvalue weighted by Crippen LogP contribution is 2.25. The molecule has 0 bridgehead atoms. The molecule has 0 spiro atoms. The van der Waals surface area contributed by atoms with E-state index in [4.69, 9.17) is 5.11 Å². The van der Waals surface area contributed by atoms with Crippen LogP contribution in [0.1, 0.15) is 46.0 Å². The van der Waals surface area contributed by atoms with E-state index in [2.05, 4.69) is 19.2 Å². The van der Waals surface area contributed by atoms with Crippen molar-refractivity contribution >= 4 is 0 Å². The molecule has 0 heterocycles. The first-order chi connectivity index (χ1) is 6.27. The SMILES string of the molecule is CCCC(C)NC1CCCC1CO. The molecule has 0 radical (unpaired) electrons. The van der Waals surface area contributed by atoms with E-state index >= 15 is 0 Å². The Balaban J connectivity index is 2.26. The molecule has 1 aliphatic carbocycles. The second-order valence-electron chi connectivity index (χ2n) is 4.34. The third-order valence-corrected chi connectivity index (χ3v) is 3.11. The van der Waals surface area contributed by atoms with Gasteiger partial charge in [-0.05, 0) is 32.1 Å². The average Bonchev–Trinajstić information content (AvgIpc) is 2.52. The van der Waals surface area contributed by atoms with Gasteiger partial charge in [-0.25, -0.2) is 0 Å². The minimum atomic E-state index is 0.358. The molecule has 0 amide bonds. The van der Waals surface area contributed by atoms with Crippen LogP contribution >= 0.6 is 0 Å². The molecule has 0 aromatic rings. The summed E-state index contributed by atoms with van der Waals surface area (Å²) in [7, 11) is 0. The molecule has 2 N–H and O–H groups in total. The van der Waals surface area contributed by atoms with Crippen molar-refractivity contribution in [3.8, 4) is 0 Å². The van der Waals surface area contributed by atoms with Crippen LogP contribution in [0.3, 0.4) is 0 Å². The Morgan fingerprint density at radius 2 is 2.23 bits per heavy atom. The molecule has 0 aliphatic heterocycles. The first-order valence-electron chi connectivity index (χ1n) is 5.64. The van der Waals surface area contributed by atoms with Gasteiger partial charge in [0.1, 0.15) is 0 Å². The third kappa shape index (κ3) is 3.28. The molecule has 3 unspecified atom stereocenters. The molecular formula is C11H23NO. The predicted molar refractivity (Wildman–Crippen MR) is 55.7 cm³/mol. The standard InChI is InChI=1S/C11H23NO/c1-3-5-9(2)12-11-7-4-6-10(11)8-13/h9-13H,3-8H2,1-2H3. The summed E-state index contributed by atoms with van der Waals surface area (Å²) in [6.45, 7) is 4.82. The number of nitrogens with one attached hydrogen (secondary N) is 1. The van der Waals surface area contributed by atoms with Crippen LogP contribution in [-0.4, -0.2) is 23.8 Å². The summed E-state index contributed by atoms with van der Waals surface area (Å²) in [5, 5.41) is 12.8. The second kappa shape index (κ2) is 5.61. The van der Waals surface area contributed by atoms with Gasteiger partial charge in [0.25, 0.3) is 0 Å². The van der Waals surface area contributed by atoms with Crippen LogP contribution in [0.25, 0.3) is 0 Å². The van der Waals surface area contributed by atoms with Gasteiger partial charge in [0.2, 0.25) is 0 Å². The maximum Gasteiger partial charge on any atom is 0.0474 e. The average molecular weight is 185 g/mol. The van der Waals surface area contributed by atoms with Crippen LogP contribution in [0.4, 0.5) is 0 Å². The summed E-state index contributed by atoms with van der Waals surface area (Å²) >= 11 is 0. The van der Waals surface area contributed by atoms with E-state index in [-0.39, 0.29) is 0 Å². The first kappa shape index (κ1) is 11.0. The quantitative estimate of drug-likeness (QED) is 0.686. The molecular weight excluding hydrogens is 162 g/mol. The van der Waals surface area contributed by atoms with E-state index in [0.717, 1.165) is 0 Å². The number of aliphatic hydroxyl groups excluding tert-OH is 1. The molecule has 3 atom stereocenters. The maximum absolute atomic E-state index is 9.14. The van der Waals surface area contributed by atoms with Crippen molar-refractivity contribution in [1.29, 1.82) is 0 Å². The summed E-state index contributed by atoms with van der Waals surface area (Å²) in [4.78, 5) is 0. The van der Waals surface area contributed by atoms with Crippen molar-refractivity contribution in [2.24, 2.45) is 5.92 Å². The molecule has 1 fully saturated rings. The molecule has 0 saturated heterocycles. The van der Waals surface area contributed by atoms with Gasteiger partial charge < -0.3 is 10.4 Å². The van der Waals surface area contributed by atoms with Gasteiger partial charge >= 0.3 is 0 Å². The van der Waals surface area contributed by atoms with E-state index in [1.54, 1.807) is 0 Å². The van der Waals surface area contributed by atoms with Crippen LogP contribution in [0, 0.1) is 5.92 Å². The minimum Gasteiger partial charge on any atom is -0.396 e. The highest BCUT2D eigenvalue weighted by atomic mass is 16.3. The van der Waals surface area contributed by atoms with Crippen LogP contribution in [-0.2, 0) is 0 Å². The molecule has 2 heteroatoms. The van der Waals surface area contributed by atoms with E-state index in [9.17, 15) is 0 Å². The molecule has 13 heavy (non-hydrogen) atoms. The fraction of sp³-hybridized carbons (Fsp3) is 1.00. The van der Waals surface area contributed by atoms with Crippen molar-refractivity contribution < 1.29 is 5.11 Å². The lowest BCUT2D eigenvalue weighted by Crippen LogP contribution is -2.39. The van der Waals surface area contributed by atoms with Crippen molar-refractivity contribution in [1.82, 2.24) is 5.32 Å². The Labute approximate surface area is 81.7 Å². The van der Waals surface area contributed by atoms with Gasteiger partial charge in [-0.1, -0.05) is 19.8 Å². The summed E-state index contributed by atoms with van der Waals surface area (Å²) in [6.07, 6.45) is 6.22. The molecule has 1 rings (SSSR count). The van der Waals surface area contributed by atoms with Crippen LogP contribution < -0.4 is 5.32 Å². The van der Waals surface area contributed by atoms with Crippen molar-refractivity contribution in [3.63, 3.8) is 0 Å². The predicted octanol–water partition coefficient (Wildman–Crippen LogP) is 1.93. The lowest BCUT2D eigenvalue weighted by atomic mass is 10.0. The summed E-state index contributed by atoms with van der Waals surface area (Å²) < 4.78 is 0. The van der Waals surface area contributed by atoms with E-state index in [0.29, 0.717) is 24.6 Å². The van der Waals surface area contributed by atoms with Gasteiger partial charge in [-0.2, -0.15) is 0 Å². The molecule has 0 aromatic heterocycles. The third-order valence-electron chi connectivity index (χ3n) is 3.11. The van der Waals surface area contributed by atoms with Crippen LogP contribution in [0.2, 0.25) is 0 Å². The molecule has 1 aliphatic rings. The van der Waals surface area contributed by atoms with Crippen molar-refractivity contribution in [2.75, 3.05) is 6.61 Å².